The summed E-state index contributed by atoms with van der Waals surface area (Å²) < 4.78 is 5.94. The van der Waals surface area contributed by atoms with Gasteiger partial charge in [-0.15, -0.1) is 6.58 Å². The summed E-state index contributed by atoms with van der Waals surface area (Å²) in [7, 11) is 0. The number of piperidine rings is 1. The minimum atomic E-state index is 0.0209. The van der Waals surface area contributed by atoms with Gasteiger partial charge in [-0.3, -0.25) is 4.79 Å². The van der Waals surface area contributed by atoms with E-state index in [0.717, 1.165) is 19.3 Å². The molecule has 1 aliphatic rings. The second-order valence-corrected chi connectivity index (χ2v) is 5.51. The first kappa shape index (κ1) is 15.6. The predicted octanol–water partition coefficient (Wildman–Crippen LogP) is 2.98. The molecule has 4 nitrogen and oxygen atoms in total. The smallest absolute Gasteiger partial charge is 0.253 e. The van der Waals surface area contributed by atoms with Gasteiger partial charge in [0, 0.05) is 18.7 Å². The van der Waals surface area contributed by atoms with Gasteiger partial charge >= 0.3 is 0 Å². The number of likely N-dealkylation sites (tertiary alicyclic amines) is 1. The Kier molecular flexibility index (Phi) is 5.39. The first-order valence-corrected chi connectivity index (χ1v) is 7.45. The SMILES string of the molecule is C=CCC(C)OC1CCN(C(=O)c2ccc(O)cc2)CC1. The van der Waals surface area contributed by atoms with Crippen LogP contribution in [0.4, 0.5) is 0 Å². The van der Waals surface area contributed by atoms with Crippen LogP contribution >= 0.6 is 0 Å². The minimum Gasteiger partial charge on any atom is -0.508 e. The van der Waals surface area contributed by atoms with Crippen LogP contribution in [0.5, 0.6) is 5.75 Å². The van der Waals surface area contributed by atoms with Crippen LogP contribution in [0.15, 0.2) is 36.9 Å². The van der Waals surface area contributed by atoms with Crippen molar-refractivity contribution in [1.82, 2.24) is 4.90 Å². The van der Waals surface area contributed by atoms with Crippen LogP contribution in [0, 0.1) is 0 Å². The number of benzene rings is 1. The van der Waals surface area contributed by atoms with Crippen LogP contribution in [-0.2, 0) is 4.74 Å². The molecule has 0 radical (unpaired) electrons. The molecule has 0 aliphatic carbocycles. The van der Waals surface area contributed by atoms with Crippen molar-refractivity contribution in [3.63, 3.8) is 0 Å². The number of aromatic hydroxyl groups is 1. The third-order valence-electron chi connectivity index (χ3n) is 3.77. The number of rotatable bonds is 5. The number of carbonyl (C=O) groups excluding carboxylic acids is 1. The number of carbonyl (C=O) groups is 1. The molecule has 0 aromatic heterocycles. The van der Waals surface area contributed by atoms with Gasteiger partial charge in [0.25, 0.3) is 5.91 Å². The van der Waals surface area contributed by atoms with Crippen molar-refractivity contribution in [2.75, 3.05) is 13.1 Å². The van der Waals surface area contributed by atoms with E-state index in [-0.39, 0.29) is 23.9 Å². The largest absolute Gasteiger partial charge is 0.508 e. The fraction of sp³-hybridized carbons (Fsp3) is 0.471. The second kappa shape index (κ2) is 7.27. The normalized spacial score (nSPS) is 17.5. The Morgan fingerprint density at radius 3 is 2.62 bits per heavy atom. The number of ether oxygens (including phenoxy) is 1. The molecule has 1 unspecified atom stereocenters. The molecule has 2 rings (SSSR count). The summed E-state index contributed by atoms with van der Waals surface area (Å²) in [5, 5.41) is 9.26. The van der Waals surface area contributed by atoms with Gasteiger partial charge in [-0.25, -0.2) is 0 Å². The maximum Gasteiger partial charge on any atom is 0.253 e. The Morgan fingerprint density at radius 1 is 1.43 bits per heavy atom. The molecule has 1 aliphatic heterocycles. The quantitative estimate of drug-likeness (QED) is 0.848. The van der Waals surface area contributed by atoms with Crippen LogP contribution in [0.3, 0.4) is 0 Å². The topological polar surface area (TPSA) is 49.8 Å². The van der Waals surface area contributed by atoms with Crippen molar-refractivity contribution >= 4 is 5.91 Å². The average Bonchev–Trinajstić information content (AvgIpc) is 2.48. The Bertz CT molecular complexity index is 475. The lowest BCUT2D eigenvalue weighted by molar-refractivity contribution is -0.0298. The van der Waals surface area contributed by atoms with Gasteiger partial charge in [-0.1, -0.05) is 6.08 Å². The van der Waals surface area contributed by atoms with Gasteiger partial charge in [0.1, 0.15) is 5.75 Å². The van der Waals surface area contributed by atoms with E-state index < -0.39 is 0 Å². The Balaban J connectivity index is 1.84. The third-order valence-corrected chi connectivity index (χ3v) is 3.77. The summed E-state index contributed by atoms with van der Waals surface area (Å²) in [5.74, 6) is 0.197. The third kappa shape index (κ3) is 4.33. The molecule has 1 N–H and O–H groups in total. The highest BCUT2D eigenvalue weighted by molar-refractivity contribution is 5.94. The fourth-order valence-electron chi connectivity index (χ4n) is 2.60. The zero-order valence-corrected chi connectivity index (χ0v) is 12.5. The molecule has 21 heavy (non-hydrogen) atoms. The summed E-state index contributed by atoms with van der Waals surface area (Å²) in [6.45, 7) is 7.20. The van der Waals surface area contributed by atoms with Crippen molar-refractivity contribution in [1.29, 1.82) is 0 Å². The van der Waals surface area contributed by atoms with Crippen LogP contribution in [-0.4, -0.2) is 41.2 Å². The summed E-state index contributed by atoms with van der Waals surface area (Å²) in [6, 6.07) is 6.40. The van der Waals surface area contributed by atoms with Crippen molar-refractivity contribution in [3.8, 4) is 5.75 Å². The van der Waals surface area contributed by atoms with E-state index in [4.69, 9.17) is 4.74 Å². The Labute approximate surface area is 126 Å². The van der Waals surface area contributed by atoms with Crippen molar-refractivity contribution in [2.45, 2.75) is 38.4 Å². The average molecular weight is 289 g/mol. The molecule has 1 saturated heterocycles. The zero-order valence-electron chi connectivity index (χ0n) is 12.5. The van der Waals surface area contributed by atoms with Gasteiger partial charge in [-0.2, -0.15) is 0 Å². The number of hydrogen-bond acceptors (Lipinski definition) is 3. The van der Waals surface area contributed by atoms with Crippen molar-refractivity contribution in [3.05, 3.63) is 42.5 Å². The molecule has 0 saturated carbocycles. The highest BCUT2D eigenvalue weighted by Gasteiger charge is 2.24. The van der Waals surface area contributed by atoms with E-state index >= 15 is 0 Å². The summed E-state index contributed by atoms with van der Waals surface area (Å²) in [4.78, 5) is 14.2. The summed E-state index contributed by atoms with van der Waals surface area (Å²) in [5.41, 5.74) is 0.618. The summed E-state index contributed by atoms with van der Waals surface area (Å²) in [6.07, 6.45) is 4.87. The van der Waals surface area contributed by atoms with E-state index in [2.05, 4.69) is 13.5 Å². The van der Waals surface area contributed by atoms with Crippen LogP contribution in [0.2, 0.25) is 0 Å². The molecule has 1 heterocycles. The molecule has 1 amide bonds. The maximum atomic E-state index is 12.3. The Hall–Kier alpha value is -1.81. The van der Waals surface area contributed by atoms with Crippen molar-refractivity contribution < 1.29 is 14.6 Å². The van der Waals surface area contributed by atoms with E-state index in [0.29, 0.717) is 18.7 Å². The molecule has 1 aromatic rings. The van der Waals surface area contributed by atoms with Crippen molar-refractivity contribution in [2.24, 2.45) is 0 Å². The zero-order chi connectivity index (χ0) is 15.2. The standard InChI is InChI=1S/C17H23NO3/c1-3-4-13(2)21-16-9-11-18(12-10-16)17(20)14-5-7-15(19)8-6-14/h3,5-8,13,16,19H,1,4,9-12H2,2H3. The van der Waals surface area contributed by atoms with Gasteiger partial charge in [-0.05, 0) is 50.5 Å². The van der Waals surface area contributed by atoms with Gasteiger partial charge in [0.2, 0.25) is 0 Å². The number of phenols is 1. The molecule has 1 fully saturated rings. The van der Waals surface area contributed by atoms with Crippen LogP contribution < -0.4 is 0 Å². The van der Waals surface area contributed by atoms with E-state index in [1.165, 1.54) is 0 Å². The number of nitrogens with zero attached hydrogens (tertiary/aromatic N) is 1. The van der Waals surface area contributed by atoms with E-state index in [9.17, 15) is 9.90 Å². The molecule has 114 valence electrons. The molecule has 4 heteroatoms. The van der Waals surface area contributed by atoms with E-state index in [1.54, 1.807) is 24.3 Å². The van der Waals surface area contributed by atoms with Gasteiger partial charge in [0.05, 0.1) is 12.2 Å². The molecule has 0 spiro atoms. The lowest BCUT2D eigenvalue weighted by Gasteiger charge is -2.33. The van der Waals surface area contributed by atoms with Crippen LogP contribution in [0.25, 0.3) is 0 Å². The molecule has 1 aromatic carbocycles. The molecule has 0 bridgehead atoms. The number of amides is 1. The predicted molar refractivity (Wildman–Crippen MR) is 82.4 cm³/mol. The van der Waals surface area contributed by atoms with Gasteiger partial charge < -0.3 is 14.7 Å². The fourth-order valence-corrected chi connectivity index (χ4v) is 2.60. The highest BCUT2D eigenvalue weighted by atomic mass is 16.5. The van der Waals surface area contributed by atoms with E-state index in [1.807, 2.05) is 11.0 Å². The number of phenolic OH excluding ortho intramolecular Hbond substituents is 1. The molecular weight excluding hydrogens is 266 g/mol. The highest BCUT2D eigenvalue weighted by Crippen LogP contribution is 2.19. The lowest BCUT2D eigenvalue weighted by Crippen LogP contribution is -2.41. The second-order valence-electron chi connectivity index (χ2n) is 5.51. The molecule has 1 atom stereocenters. The first-order chi connectivity index (χ1) is 10.1. The van der Waals surface area contributed by atoms with Crippen LogP contribution in [0.1, 0.15) is 36.5 Å². The lowest BCUT2D eigenvalue weighted by atomic mass is 10.1. The Morgan fingerprint density at radius 2 is 2.05 bits per heavy atom. The molecular formula is C17H23NO3. The van der Waals surface area contributed by atoms with Gasteiger partial charge in [0.15, 0.2) is 0 Å². The summed E-state index contributed by atoms with van der Waals surface area (Å²) >= 11 is 0. The maximum absolute atomic E-state index is 12.3. The first-order valence-electron chi connectivity index (χ1n) is 7.45. The minimum absolute atomic E-state index is 0.0209. The number of hydrogen-bond donors (Lipinski definition) is 1. The monoisotopic (exact) mass is 289 g/mol.